The topological polar surface area (TPSA) is 38.1 Å². The van der Waals surface area contributed by atoms with Crippen molar-refractivity contribution < 1.29 is 4.79 Å². The zero-order valence-corrected chi connectivity index (χ0v) is 16.3. The van der Waals surface area contributed by atoms with Crippen LogP contribution in [0, 0.1) is 5.92 Å². The van der Waals surface area contributed by atoms with Crippen LogP contribution in [-0.2, 0) is 19.4 Å². The predicted molar refractivity (Wildman–Crippen MR) is 112 cm³/mol. The minimum Gasteiger partial charge on any atom is -0.303 e. The number of aromatic nitrogens is 2. The highest BCUT2D eigenvalue weighted by Crippen LogP contribution is 2.34. The minimum atomic E-state index is 0.122. The highest BCUT2D eigenvalue weighted by Gasteiger charge is 2.28. The normalized spacial score (nSPS) is 19.4. The lowest BCUT2D eigenvalue weighted by Gasteiger charge is -2.32. The third kappa shape index (κ3) is 3.26. The van der Waals surface area contributed by atoms with Crippen LogP contribution >= 0.6 is 0 Å². The largest absolute Gasteiger partial charge is 0.303 e. The van der Waals surface area contributed by atoms with Gasteiger partial charge in [0.15, 0.2) is 5.78 Å². The van der Waals surface area contributed by atoms with Crippen LogP contribution in [0.3, 0.4) is 0 Å². The van der Waals surface area contributed by atoms with Crippen molar-refractivity contribution in [1.29, 1.82) is 0 Å². The lowest BCUT2D eigenvalue weighted by atomic mass is 9.87. The van der Waals surface area contributed by atoms with Crippen LogP contribution in [0.2, 0.25) is 0 Å². The van der Waals surface area contributed by atoms with E-state index in [-0.39, 0.29) is 5.92 Å². The molecule has 0 saturated carbocycles. The second kappa shape index (κ2) is 7.51. The molecule has 1 fully saturated rings. The van der Waals surface area contributed by atoms with Crippen LogP contribution in [0.4, 0.5) is 0 Å². The van der Waals surface area contributed by atoms with Gasteiger partial charge >= 0.3 is 0 Å². The molecular weight excluding hydrogens is 346 g/mol. The number of likely N-dealkylation sites (tertiary alicyclic amines) is 1. The number of nitrogens with zero attached hydrogens (tertiary/aromatic N) is 3. The van der Waals surface area contributed by atoms with Crippen molar-refractivity contribution in [3.05, 3.63) is 65.5 Å². The van der Waals surface area contributed by atoms with Gasteiger partial charge in [0.2, 0.25) is 0 Å². The Morgan fingerprint density at radius 3 is 2.82 bits per heavy atom. The number of hydrogen-bond acceptors (Lipinski definition) is 3. The third-order valence-corrected chi connectivity index (χ3v) is 6.44. The second-order valence-corrected chi connectivity index (χ2v) is 8.24. The van der Waals surface area contributed by atoms with Crippen molar-refractivity contribution in [3.8, 4) is 0 Å². The van der Waals surface area contributed by atoms with E-state index in [0.29, 0.717) is 5.78 Å². The van der Waals surface area contributed by atoms with Crippen molar-refractivity contribution in [1.82, 2.24) is 14.7 Å². The summed E-state index contributed by atoms with van der Waals surface area (Å²) < 4.78 is 1.99. The zero-order chi connectivity index (χ0) is 18.9. The van der Waals surface area contributed by atoms with Crippen LogP contribution in [0.1, 0.15) is 40.7 Å². The van der Waals surface area contributed by atoms with Crippen molar-refractivity contribution in [2.24, 2.45) is 5.92 Å². The van der Waals surface area contributed by atoms with Crippen molar-refractivity contribution >= 4 is 16.6 Å². The van der Waals surface area contributed by atoms with Crippen molar-refractivity contribution in [2.45, 2.75) is 38.6 Å². The van der Waals surface area contributed by atoms with E-state index >= 15 is 0 Å². The first kappa shape index (κ1) is 17.6. The number of Topliss-reactive ketones (excluding diaryl/α,β-unsaturated/α-hetero) is 1. The fraction of sp³-hybridized carbons (Fsp3) is 0.417. The summed E-state index contributed by atoms with van der Waals surface area (Å²) in [5.41, 5.74) is 3.75. The minimum absolute atomic E-state index is 0.122. The highest BCUT2D eigenvalue weighted by molar-refractivity contribution is 6.11. The number of ketones is 1. The third-order valence-electron chi connectivity index (χ3n) is 6.44. The molecule has 1 atom stereocenters. The van der Waals surface area contributed by atoms with E-state index < -0.39 is 0 Å². The van der Waals surface area contributed by atoms with Crippen molar-refractivity contribution in [3.63, 3.8) is 0 Å². The summed E-state index contributed by atoms with van der Waals surface area (Å²) in [6.45, 7) is 3.97. The molecule has 0 unspecified atom stereocenters. The summed E-state index contributed by atoms with van der Waals surface area (Å²) in [5, 5.41) is 6.80. The van der Waals surface area contributed by atoms with Crippen LogP contribution in [-0.4, -0.2) is 40.1 Å². The summed E-state index contributed by atoms with van der Waals surface area (Å²) in [6, 6.07) is 12.7. The molecule has 2 aromatic carbocycles. The van der Waals surface area contributed by atoms with E-state index in [1.807, 2.05) is 23.1 Å². The Hall–Kier alpha value is -2.46. The van der Waals surface area contributed by atoms with Gasteiger partial charge in [0.1, 0.15) is 0 Å². The van der Waals surface area contributed by atoms with Gasteiger partial charge < -0.3 is 4.90 Å². The van der Waals surface area contributed by atoms with Gasteiger partial charge in [0.05, 0.1) is 0 Å². The summed E-state index contributed by atoms with van der Waals surface area (Å²) in [4.78, 5) is 15.9. The van der Waals surface area contributed by atoms with E-state index in [0.717, 1.165) is 63.8 Å². The number of rotatable bonds is 6. The zero-order valence-electron chi connectivity index (χ0n) is 16.3. The molecule has 0 amide bonds. The van der Waals surface area contributed by atoms with Gasteiger partial charge in [-0.2, -0.15) is 5.10 Å². The monoisotopic (exact) mass is 373 g/mol. The van der Waals surface area contributed by atoms with E-state index in [2.05, 4.69) is 40.3 Å². The molecule has 0 spiro atoms. The van der Waals surface area contributed by atoms with Gasteiger partial charge in [-0.25, -0.2) is 0 Å². The summed E-state index contributed by atoms with van der Waals surface area (Å²) in [5.74, 6) is 0.462. The van der Waals surface area contributed by atoms with Crippen LogP contribution < -0.4 is 0 Å². The van der Waals surface area contributed by atoms with E-state index in [1.54, 1.807) is 0 Å². The lowest BCUT2D eigenvalue weighted by molar-refractivity contribution is 0.0818. The fourth-order valence-electron chi connectivity index (χ4n) is 5.04. The van der Waals surface area contributed by atoms with Crippen molar-refractivity contribution in [2.75, 3.05) is 19.6 Å². The molecule has 4 nitrogen and oxygen atoms in total. The first-order valence-electron chi connectivity index (χ1n) is 10.6. The Morgan fingerprint density at radius 2 is 1.96 bits per heavy atom. The van der Waals surface area contributed by atoms with E-state index in [4.69, 9.17) is 0 Å². The van der Waals surface area contributed by atoms with E-state index in [1.165, 1.54) is 21.9 Å². The lowest BCUT2D eigenvalue weighted by Crippen LogP contribution is -2.39. The number of aryl methyl sites for hydroxylation is 3. The van der Waals surface area contributed by atoms with Crippen LogP contribution in [0.15, 0.2) is 48.8 Å². The number of carbonyl (C=O) groups excluding carboxylic acids is 1. The Labute approximate surface area is 166 Å². The molecule has 144 valence electrons. The van der Waals surface area contributed by atoms with Crippen LogP contribution in [0.5, 0.6) is 0 Å². The van der Waals surface area contributed by atoms with Gasteiger partial charge in [0, 0.05) is 37.0 Å². The Bertz CT molecular complexity index is 982. The van der Waals surface area contributed by atoms with Gasteiger partial charge in [-0.3, -0.25) is 9.48 Å². The molecule has 1 aliphatic carbocycles. The smallest absolute Gasteiger partial charge is 0.167 e. The molecule has 4 heteroatoms. The number of carbonyl (C=O) groups is 1. The molecule has 2 heterocycles. The Kier molecular flexibility index (Phi) is 4.73. The quantitative estimate of drug-likeness (QED) is 0.610. The van der Waals surface area contributed by atoms with Gasteiger partial charge in [-0.05, 0) is 73.2 Å². The summed E-state index contributed by atoms with van der Waals surface area (Å²) in [7, 11) is 0. The standard InChI is InChI=1S/C24H27N3O/c28-24(22-11-10-19-9-8-18-5-1-7-21(22)23(18)19)20-6-2-13-26(17-20)14-4-16-27-15-3-12-25-27/h1,3,5,7,10-12,15,20H,2,4,6,8-9,13-14,16-17H2/t20-/m0/s1. The molecule has 0 bridgehead atoms. The Morgan fingerprint density at radius 1 is 1.07 bits per heavy atom. The molecule has 3 aromatic rings. The molecular formula is C24H27N3O. The highest BCUT2D eigenvalue weighted by atomic mass is 16.1. The average molecular weight is 374 g/mol. The maximum absolute atomic E-state index is 13.4. The maximum Gasteiger partial charge on any atom is 0.167 e. The molecule has 0 N–H and O–H groups in total. The number of piperidine rings is 1. The first-order chi connectivity index (χ1) is 13.8. The average Bonchev–Trinajstić information content (AvgIpc) is 3.39. The van der Waals surface area contributed by atoms with Gasteiger partial charge in [0.25, 0.3) is 0 Å². The number of benzene rings is 2. The number of hydrogen-bond donors (Lipinski definition) is 0. The molecule has 1 saturated heterocycles. The summed E-state index contributed by atoms with van der Waals surface area (Å²) >= 11 is 0. The Balaban J connectivity index is 1.30. The molecule has 2 aliphatic rings. The second-order valence-electron chi connectivity index (χ2n) is 8.24. The molecule has 1 aliphatic heterocycles. The summed E-state index contributed by atoms with van der Waals surface area (Å²) in [6.07, 6.45) is 9.25. The SMILES string of the molecule is O=C(c1ccc2c3c(cccc13)CC2)[C@H]1CCCN(CCCn2cccn2)C1. The first-order valence-corrected chi connectivity index (χ1v) is 10.6. The predicted octanol–water partition coefficient (Wildman–Crippen LogP) is 4.12. The van der Waals surface area contributed by atoms with Gasteiger partial charge in [-0.1, -0.05) is 30.3 Å². The van der Waals surface area contributed by atoms with E-state index in [9.17, 15) is 4.79 Å². The molecule has 1 aromatic heterocycles. The van der Waals surface area contributed by atoms with Crippen LogP contribution in [0.25, 0.3) is 10.8 Å². The molecule has 28 heavy (non-hydrogen) atoms. The molecule has 5 rings (SSSR count). The fourth-order valence-corrected chi connectivity index (χ4v) is 5.04. The maximum atomic E-state index is 13.4. The molecule has 0 radical (unpaired) electrons. The van der Waals surface area contributed by atoms with Gasteiger partial charge in [-0.15, -0.1) is 0 Å².